The highest BCUT2D eigenvalue weighted by Crippen LogP contribution is 2.31. The summed E-state index contributed by atoms with van der Waals surface area (Å²) in [7, 11) is 4.51. The first-order valence-corrected chi connectivity index (χ1v) is 6.81. The third kappa shape index (κ3) is 5.03. The maximum absolute atomic E-state index is 2.70. The van der Waals surface area contributed by atoms with Crippen LogP contribution in [0.15, 0.2) is 0 Å². The Bertz CT molecular complexity index is 42.9. The molecule has 5 heavy (non-hydrogen) atoms. The zero-order valence-corrected chi connectivity index (χ0v) is 6.42. The molecule has 0 aliphatic heterocycles. The van der Waals surface area contributed by atoms with Gasteiger partial charge in [0.2, 0.25) is 0 Å². The van der Waals surface area contributed by atoms with Gasteiger partial charge in [-0.2, -0.15) is 0 Å². The molecule has 0 bridgehead atoms. The Morgan fingerprint density at radius 3 is 1.80 bits per heavy atom. The summed E-state index contributed by atoms with van der Waals surface area (Å²) >= 11 is 0. The molecular formula is C2H8P3+. The second kappa shape index (κ2) is 3.23. The molecule has 0 rings (SSSR count). The van der Waals surface area contributed by atoms with E-state index in [9.17, 15) is 0 Å². The minimum Gasteiger partial charge on any atom is -0.0350 e. The minimum absolute atomic E-state index is 0.337. The summed E-state index contributed by atoms with van der Waals surface area (Å²) in [5.41, 5.74) is 0. The maximum Gasteiger partial charge on any atom is 0.137 e. The smallest absolute Gasteiger partial charge is 0.0350 e. The second-order valence-corrected chi connectivity index (χ2v) is 8.06. The summed E-state index contributed by atoms with van der Waals surface area (Å²) in [4.78, 5) is 0. The molecule has 1 unspecified atom stereocenters. The summed E-state index contributed by atoms with van der Waals surface area (Å²) in [6, 6.07) is 0. The van der Waals surface area contributed by atoms with Gasteiger partial charge in [0, 0.05) is 0 Å². The van der Waals surface area contributed by atoms with E-state index in [0.29, 0.717) is 7.21 Å². The lowest BCUT2D eigenvalue weighted by molar-refractivity contribution is 2.31. The number of hydrogen-bond donors (Lipinski definition) is 0. The van der Waals surface area contributed by atoms with Crippen molar-refractivity contribution < 1.29 is 0 Å². The molecule has 0 N–H and O–H groups in total. The standard InChI is InChI=1S/C2H8P3/c1-5(2)4-3/h3H2,1-2H3/q+1. The van der Waals surface area contributed by atoms with Gasteiger partial charge in [0.05, 0.1) is 13.3 Å². The van der Waals surface area contributed by atoms with E-state index in [1.54, 1.807) is 0 Å². The predicted molar refractivity (Wildman–Crippen MR) is 35.4 cm³/mol. The van der Waals surface area contributed by atoms with Crippen molar-refractivity contribution in [3.05, 3.63) is 0 Å². The summed E-state index contributed by atoms with van der Waals surface area (Å²) in [5, 5.41) is 0. The van der Waals surface area contributed by atoms with Crippen LogP contribution >= 0.6 is 23.7 Å². The van der Waals surface area contributed by atoms with Gasteiger partial charge in [-0.25, -0.2) is 0 Å². The molecule has 0 aromatic rings. The molecular weight excluding hydrogens is 117 g/mol. The van der Waals surface area contributed by atoms with Crippen LogP contribution in [-0.4, -0.2) is 13.3 Å². The van der Waals surface area contributed by atoms with E-state index in [4.69, 9.17) is 0 Å². The fourth-order valence-electron chi connectivity index (χ4n) is 0. The first-order valence-electron chi connectivity index (χ1n) is 1.35. The van der Waals surface area contributed by atoms with Gasteiger partial charge in [-0.3, -0.25) is 0 Å². The van der Waals surface area contributed by atoms with Gasteiger partial charge in [-0.05, 0) is 8.93 Å². The fraction of sp³-hybridized carbons (Fsp3) is 1.00. The van der Waals surface area contributed by atoms with Gasteiger partial charge < -0.3 is 0 Å². The highest BCUT2D eigenvalue weighted by molar-refractivity contribution is 8.22. The van der Waals surface area contributed by atoms with Gasteiger partial charge in [-0.1, -0.05) is 0 Å². The molecule has 0 spiro atoms. The Morgan fingerprint density at radius 1 is 1.60 bits per heavy atom. The Balaban J connectivity index is 3.14. The molecule has 30 valence electrons. The average Bonchev–Trinajstić information content (AvgIpc) is 1.38. The third-order valence-corrected chi connectivity index (χ3v) is 6.24. The van der Waals surface area contributed by atoms with Crippen LogP contribution in [0, 0.1) is 0 Å². The molecule has 0 fully saturated rings. The highest BCUT2D eigenvalue weighted by atomic mass is 32.2. The number of hydrogen-bond acceptors (Lipinski definition) is 0. The van der Waals surface area contributed by atoms with Crippen LogP contribution in [0.3, 0.4) is 0 Å². The van der Waals surface area contributed by atoms with Crippen molar-refractivity contribution in [2.45, 2.75) is 0 Å². The summed E-state index contributed by atoms with van der Waals surface area (Å²) in [6.45, 7) is 4.51. The van der Waals surface area contributed by atoms with Gasteiger partial charge in [0.15, 0.2) is 0 Å². The third-order valence-electron chi connectivity index (χ3n) is 0.231. The Kier molecular flexibility index (Phi) is 3.89. The van der Waals surface area contributed by atoms with Gasteiger partial charge in [0.1, 0.15) is 14.8 Å². The van der Waals surface area contributed by atoms with Crippen LogP contribution < -0.4 is 0 Å². The normalized spacial score (nSPS) is 8.60. The van der Waals surface area contributed by atoms with Crippen molar-refractivity contribution in [1.82, 2.24) is 0 Å². The van der Waals surface area contributed by atoms with E-state index in [1.807, 2.05) is 0 Å². The lowest BCUT2D eigenvalue weighted by Gasteiger charge is -1.56. The van der Waals surface area contributed by atoms with Crippen molar-refractivity contribution >= 4 is 23.7 Å². The van der Waals surface area contributed by atoms with Crippen LogP contribution in [0.5, 0.6) is 0 Å². The van der Waals surface area contributed by atoms with Crippen LogP contribution in [0.4, 0.5) is 0 Å². The van der Waals surface area contributed by atoms with E-state index in [1.165, 1.54) is 7.56 Å². The SMILES string of the molecule is C[P+](C)=PP. The molecule has 0 aromatic carbocycles. The topological polar surface area (TPSA) is 0 Å². The average molecular weight is 125 g/mol. The minimum atomic E-state index is 0.337. The molecule has 0 aliphatic carbocycles. The Hall–Kier alpha value is 1.03. The first-order chi connectivity index (χ1) is 2.27. The van der Waals surface area contributed by atoms with Crippen molar-refractivity contribution in [2.75, 3.05) is 13.3 Å². The zero-order valence-electron chi connectivity index (χ0n) is 3.47. The molecule has 0 radical (unpaired) electrons. The van der Waals surface area contributed by atoms with Crippen LogP contribution in [0.25, 0.3) is 0 Å². The predicted octanol–water partition coefficient (Wildman–Crippen LogP) is 2.38. The van der Waals surface area contributed by atoms with Crippen molar-refractivity contribution in [3.63, 3.8) is 0 Å². The lowest BCUT2D eigenvalue weighted by Crippen LogP contribution is -1.28. The van der Waals surface area contributed by atoms with E-state index < -0.39 is 0 Å². The van der Waals surface area contributed by atoms with E-state index in [2.05, 4.69) is 22.3 Å². The summed E-state index contributed by atoms with van der Waals surface area (Å²) in [5.74, 6) is 0. The molecule has 0 heterocycles. The summed E-state index contributed by atoms with van der Waals surface area (Å²) < 4.78 is 0. The van der Waals surface area contributed by atoms with Gasteiger partial charge in [-0.15, -0.1) is 0 Å². The van der Waals surface area contributed by atoms with Crippen molar-refractivity contribution in [3.8, 4) is 0 Å². The van der Waals surface area contributed by atoms with Crippen LogP contribution in [-0.2, 0) is 0 Å². The van der Waals surface area contributed by atoms with E-state index in [0.717, 1.165) is 0 Å². The van der Waals surface area contributed by atoms with Crippen molar-refractivity contribution in [2.24, 2.45) is 0 Å². The fourth-order valence-corrected chi connectivity index (χ4v) is 0. The van der Waals surface area contributed by atoms with Gasteiger partial charge >= 0.3 is 0 Å². The molecule has 3 heteroatoms. The summed E-state index contributed by atoms with van der Waals surface area (Å²) in [6.07, 6.45) is 0. The lowest BCUT2D eigenvalue weighted by atomic mass is 11.9. The molecule has 0 nitrogen and oxygen atoms in total. The maximum atomic E-state index is 2.70. The second-order valence-electron chi connectivity index (χ2n) is 0.963. The number of rotatable bonds is 0. The van der Waals surface area contributed by atoms with E-state index >= 15 is 0 Å². The van der Waals surface area contributed by atoms with E-state index in [-0.39, 0.29) is 0 Å². The molecule has 0 saturated heterocycles. The largest absolute Gasteiger partial charge is 0.137 e. The van der Waals surface area contributed by atoms with Crippen LogP contribution in [0.1, 0.15) is 0 Å². The quantitative estimate of drug-likeness (QED) is 0.436. The molecule has 0 aliphatic rings. The zero-order chi connectivity index (χ0) is 4.28. The van der Waals surface area contributed by atoms with Crippen molar-refractivity contribution in [1.29, 1.82) is 0 Å². The highest BCUT2D eigenvalue weighted by Gasteiger charge is 1.77. The molecule has 1 atom stereocenters. The first kappa shape index (κ1) is 6.03. The Labute approximate surface area is 37.8 Å². The molecule has 0 amide bonds. The monoisotopic (exact) mass is 125 g/mol. The molecule has 0 saturated carbocycles. The Morgan fingerprint density at radius 2 is 1.80 bits per heavy atom. The van der Waals surface area contributed by atoms with Crippen LogP contribution in [0.2, 0.25) is 0 Å². The van der Waals surface area contributed by atoms with Gasteiger partial charge in [0.25, 0.3) is 0 Å². The molecule has 0 aromatic heterocycles.